The molecule has 0 aromatic heterocycles. The Labute approximate surface area is 132 Å². The number of hydrogen-bond acceptors (Lipinski definition) is 2. The molecule has 2 rings (SSSR count). The van der Waals surface area contributed by atoms with E-state index in [4.69, 9.17) is 39.5 Å². The highest BCUT2D eigenvalue weighted by Crippen LogP contribution is 2.35. The Kier molecular flexibility index (Phi) is 5.30. The summed E-state index contributed by atoms with van der Waals surface area (Å²) in [5.41, 5.74) is 0.657. The summed E-state index contributed by atoms with van der Waals surface area (Å²) in [5, 5.41) is 1.09. The molecule has 2 aromatic rings. The number of halogens is 3. The lowest BCUT2D eigenvalue weighted by Crippen LogP contribution is -2.07. The maximum atomic E-state index is 11.9. The molecular weight excluding hydrogens is 319 g/mol. The average Bonchev–Trinajstić information content (AvgIpc) is 2.42. The van der Waals surface area contributed by atoms with Crippen molar-refractivity contribution in [2.45, 2.75) is 6.42 Å². The Morgan fingerprint density at radius 3 is 2.20 bits per heavy atom. The van der Waals surface area contributed by atoms with Gasteiger partial charge in [0.1, 0.15) is 0 Å². The van der Waals surface area contributed by atoms with E-state index >= 15 is 0 Å². The van der Waals surface area contributed by atoms with Gasteiger partial charge in [0.2, 0.25) is 0 Å². The number of rotatable bonds is 5. The molecular formula is C15H11Cl3O2. The van der Waals surface area contributed by atoms with Crippen LogP contribution in [0, 0.1) is 0 Å². The number of ether oxygens (including phenoxy) is 1. The van der Waals surface area contributed by atoms with Crippen molar-refractivity contribution in [2.75, 3.05) is 6.61 Å². The predicted octanol–water partition coefficient (Wildman–Crippen LogP) is 5.30. The van der Waals surface area contributed by atoms with Crippen molar-refractivity contribution >= 4 is 40.6 Å². The Balaban J connectivity index is 1.95. The minimum absolute atomic E-state index is 0.00630. The van der Waals surface area contributed by atoms with E-state index in [1.54, 1.807) is 24.3 Å². The van der Waals surface area contributed by atoms with Crippen LogP contribution in [0.3, 0.4) is 0 Å². The van der Waals surface area contributed by atoms with E-state index in [0.29, 0.717) is 26.4 Å². The number of hydrogen-bond donors (Lipinski definition) is 0. The molecule has 20 heavy (non-hydrogen) atoms. The van der Waals surface area contributed by atoms with Crippen molar-refractivity contribution in [2.24, 2.45) is 0 Å². The molecule has 0 unspecified atom stereocenters. The van der Waals surface area contributed by atoms with E-state index in [1.165, 1.54) is 0 Å². The van der Waals surface area contributed by atoms with Gasteiger partial charge in [-0.1, -0.05) is 65.1 Å². The van der Waals surface area contributed by atoms with Crippen LogP contribution in [-0.4, -0.2) is 12.4 Å². The van der Waals surface area contributed by atoms with Crippen LogP contribution in [0.15, 0.2) is 42.5 Å². The number of benzene rings is 2. The average molecular weight is 330 g/mol. The van der Waals surface area contributed by atoms with Crippen LogP contribution in [0.4, 0.5) is 0 Å². The van der Waals surface area contributed by atoms with E-state index in [2.05, 4.69) is 0 Å². The van der Waals surface area contributed by atoms with E-state index in [1.807, 2.05) is 18.2 Å². The maximum Gasteiger partial charge on any atom is 0.166 e. The fraction of sp³-hybridized carbons (Fsp3) is 0.133. The lowest BCUT2D eigenvalue weighted by Gasteiger charge is -2.10. The van der Waals surface area contributed by atoms with Crippen LogP contribution < -0.4 is 4.74 Å². The second-order valence-corrected chi connectivity index (χ2v) is 5.34. The molecule has 0 atom stereocenters. The molecule has 0 radical (unpaired) electrons. The quantitative estimate of drug-likeness (QED) is 0.696. The summed E-state index contributed by atoms with van der Waals surface area (Å²) in [6, 6.07) is 12.1. The lowest BCUT2D eigenvalue weighted by atomic mass is 10.1. The molecule has 0 aliphatic heterocycles. The van der Waals surface area contributed by atoms with E-state index in [-0.39, 0.29) is 18.8 Å². The zero-order valence-corrected chi connectivity index (χ0v) is 12.7. The molecule has 0 fully saturated rings. The van der Waals surface area contributed by atoms with Crippen molar-refractivity contribution in [1.29, 1.82) is 0 Å². The van der Waals surface area contributed by atoms with Gasteiger partial charge in [0.15, 0.2) is 11.5 Å². The van der Waals surface area contributed by atoms with Gasteiger partial charge < -0.3 is 4.74 Å². The fourth-order valence-corrected chi connectivity index (χ4v) is 2.61. The molecule has 0 saturated carbocycles. The van der Waals surface area contributed by atoms with Crippen LogP contribution in [0.5, 0.6) is 5.75 Å². The molecule has 0 aliphatic rings. The van der Waals surface area contributed by atoms with Gasteiger partial charge in [-0.25, -0.2) is 0 Å². The van der Waals surface area contributed by atoms with Gasteiger partial charge in [-0.2, -0.15) is 0 Å². The topological polar surface area (TPSA) is 26.3 Å². The Morgan fingerprint density at radius 2 is 1.60 bits per heavy atom. The predicted molar refractivity (Wildman–Crippen MR) is 82.4 cm³/mol. The largest absolute Gasteiger partial charge is 0.490 e. The second kappa shape index (κ2) is 6.98. The normalized spacial score (nSPS) is 10.3. The molecule has 0 amide bonds. The van der Waals surface area contributed by atoms with Gasteiger partial charge in [0, 0.05) is 17.0 Å². The highest BCUT2D eigenvalue weighted by Gasteiger charge is 2.11. The van der Waals surface area contributed by atoms with Crippen molar-refractivity contribution in [3.05, 3.63) is 63.1 Å². The molecule has 2 aromatic carbocycles. The molecule has 2 nitrogen and oxygen atoms in total. The molecule has 104 valence electrons. The molecule has 0 spiro atoms. The molecule has 0 bridgehead atoms. The van der Waals surface area contributed by atoms with Crippen molar-refractivity contribution in [3.8, 4) is 5.75 Å². The highest BCUT2D eigenvalue weighted by molar-refractivity contribution is 6.40. The number of carbonyl (C=O) groups is 1. The molecule has 5 heteroatoms. The van der Waals surface area contributed by atoms with Gasteiger partial charge >= 0.3 is 0 Å². The standard InChI is InChI=1S/C15H11Cl3O2/c16-11-8-12(17)15(13(18)9-11)20-7-6-14(19)10-4-2-1-3-5-10/h1-5,8-9H,6-7H2. The van der Waals surface area contributed by atoms with Gasteiger partial charge in [0.25, 0.3) is 0 Å². The SMILES string of the molecule is O=C(CCOc1c(Cl)cc(Cl)cc1Cl)c1ccccc1. The summed E-state index contributed by atoms with van der Waals surface area (Å²) in [7, 11) is 0. The third kappa shape index (κ3) is 3.89. The van der Waals surface area contributed by atoms with Crippen LogP contribution in [0.25, 0.3) is 0 Å². The zero-order chi connectivity index (χ0) is 14.5. The summed E-state index contributed by atoms with van der Waals surface area (Å²) in [6.45, 7) is 0.203. The van der Waals surface area contributed by atoms with Crippen molar-refractivity contribution < 1.29 is 9.53 Å². The molecule has 0 N–H and O–H groups in total. The van der Waals surface area contributed by atoms with Gasteiger partial charge in [-0.15, -0.1) is 0 Å². The Bertz CT molecular complexity index is 589. The Morgan fingerprint density at radius 1 is 1.00 bits per heavy atom. The first kappa shape index (κ1) is 15.2. The van der Waals surface area contributed by atoms with Gasteiger partial charge in [0.05, 0.1) is 16.7 Å². The molecule has 0 saturated heterocycles. The van der Waals surface area contributed by atoms with Crippen LogP contribution in [-0.2, 0) is 0 Å². The minimum atomic E-state index is 0.00630. The first-order valence-electron chi connectivity index (χ1n) is 5.93. The van der Waals surface area contributed by atoms with Crippen LogP contribution in [0.2, 0.25) is 15.1 Å². The molecule has 0 heterocycles. The summed E-state index contributed by atoms with van der Waals surface area (Å²) >= 11 is 17.8. The van der Waals surface area contributed by atoms with E-state index in [9.17, 15) is 4.79 Å². The minimum Gasteiger partial charge on any atom is -0.490 e. The smallest absolute Gasteiger partial charge is 0.166 e. The lowest BCUT2D eigenvalue weighted by molar-refractivity contribution is 0.0962. The monoisotopic (exact) mass is 328 g/mol. The van der Waals surface area contributed by atoms with E-state index < -0.39 is 0 Å². The van der Waals surface area contributed by atoms with Crippen LogP contribution >= 0.6 is 34.8 Å². The summed E-state index contributed by atoms with van der Waals surface area (Å²) in [4.78, 5) is 11.9. The van der Waals surface area contributed by atoms with Gasteiger partial charge in [-0.05, 0) is 12.1 Å². The number of carbonyl (C=O) groups excluding carboxylic acids is 1. The number of ketones is 1. The van der Waals surface area contributed by atoms with Crippen molar-refractivity contribution in [3.63, 3.8) is 0 Å². The zero-order valence-electron chi connectivity index (χ0n) is 10.4. The highest BCUT2D eigenvalue weighted by atomic mass is 35.5. The van der Waals surface area contributed by atoms with Gasteiger partial charge in [-0.3, -0.25) is 4.79 Å². The van der Waals surface area contributed by atoms with Crippen molar-refractivity contribution in [1.82, 2.24) is 0 Å². The summed E-state index contributed by atoms with van der Waals surface area (Å²) in [5.74, 6) is 0.352. The second-order valence-electron chi connectivity index (χ2n) is 4.09. The summed E-state index contributed by atoms with van der Waals surface area (Å²) in [6.07, 6.45) is 0.249. The fourth-order valence-electron chi connectivity index (χ4n) is 1.68. The van der Waals surface area contributed by atoms with Crippen LogP contribution in [0.1, 0.15) is 16.8 Å². The third-order valence-corrected chi connectivity index (χ3v) is 3.41. The summed E-state index contributed by atoms with van der Waals surface area (Å²) < 4.78 is 5.47. The molecule has 0 aliphatic carbocycles. The number of Topliss-reactive ketones (excluding diaryl/α,β-unsaturated/α-hetero) is 1. The first-order valence-corrected chi connectivity index (χ1v) is 7.07. The maximum absolute atomic E-state index is 11.9. The van der Waals surface area contributed by atoms with E-state index in [0.717, 1.165) is 0 Å². The first-order chi connectivity index (χ1) is 9.58. The third-order valence-electron chi connectivity index (χ3n) is 2.63. The Hall–Kier alpha value is -1.22.